The van der Waals surface area contributed by atoms with Crippen LogP contribution in [0.3, 0.4) is 0 Å². The Morgan fingerprint density at radius 1 is 0.410 bits per heavy atom. The summed E-state index contributed by atoms with van der Waals surface area (Å²) in [6.45, 7) is 21.9. The second kappa shape index (κ2) is 46.4. The Balaban J connectivity index is 0. The van der Waals surface area contributed by atoms with Crippen LogP contribution in [0.2, 0.25) is 0 Å². The van der Waals surface area contributed by atoms with Gasteiger partial charge < -0.3 is 9.47 Å². The van der Waals surface area contributed by atoms with Crippen LogP contribution in [0.4, 0.5) is 0 Å². The third kappa shape index (κ3) is 56.4. The van der Waals surface area contributed by atoms with E-state index in [4.69, 9.17) is 9.47 Å². The highest BCUT2D eigenvalue weighted by molar-refractivity contribution is 5.69. The van der Waals surface area contributed by atoms with E-state index in [1.54, 1.807) is 0 Å². The summed E-state index contributed by atoms with van der Waals surface area (Å²) < 4.78 is 10.9. The molecule has 0 heterocycles. The number of unbranched alkanes of at least 4 members (excludes halogenated alkanes) is 24. The van der Waals surface area contributed by atoms with Gasteiger partial charge in [-0.1, -0.05) is 234 Å². The zero-order valence-electron chi connectivity index (χ0n) is 43.1. The highest BCUT2D eigenvalue weighted by Crippen LogP contribution is 2.25. The van der Waals surface area contributed by atoms with Crippen LogP contribution in [0.5, 0.6) is 0 Å². The van der Waals surface area contributed by atoms with Crippen LogP contribution in [0.25, 0.3) is 0 Å². The minimum atomic E-state index is 0.000796. The van der Waals surface area contributed by atoms with Crippen molar-refractivity contribution in [3.8, 4) is 0 Å². The van der Waals surface area contributed by atoms with Gasteiger partial charge in [0.1, 0.15) is 0 Å². The normalized spacial score (nSPS) is 12.1. The molecular formula is C57H110O4. The largest absolute Gasteiger partial charge is 0.466 e. The minimum Gasteiger partial charge on any atom is -0.466 e. The van der Waals surface area contributed by atoms with Crippen LogP contribution in [0.15, 0.2) is 24.3 Å². The van der Waals surface area contributed by atoms with Gasteiger partial charge in [0.25, 0.3) is 0 Å². The second-order valence-electron chi connectivity index (χ2n) is 21.1. The Bertz CT molecular complexity index is 955. The molecule has 0 spiro atoms. The van der Waals surface area contributed by atoms with E-state index in [2.05, 4.69) is 86.6 Å². The van der Waals surface area contributed by atoms with Crippen LogP contribution in [-0.4, -0.2) is 25.2 Å². The van der Waals surface area contributed by atoms with E-state index in [9.17, 15) is 9.59 Å². The Morgan fingerprint density at radius 3 is 1.23 bits per heavy atom. The molecule has 0 fully saturated rings. The number of ether oxygens (including phenoxy) is 2. The minimum absolute atomic E-state index is 0.000796. The number of hydrogen-bond donors (Lipinski definition) is 0. The molecule has 0 rings (SSSR count). The van der Waals surface area contributed by atoms with E-state index < -0.39 is 0 Å². The van der Waals surface area contributed by atoms with Gasteiger partial charge in [0.15, 0.2) is 0 Å². The lowest BCUT2D eigenvalue weighted by molar-refractivity contribution is -0.145. The fraction of sp³-hybridized carbons (Fsp3) is 0.895. The third-order valence-electron chi connectivity index (χ3n) is 11.9. The monoisotopic (exact) mass is 859 g/mol. The molecule has 0 amide bonds. The molecule has 0 radical (unpaired) electrons. The number of esters is 2. The number of allylic oxidation sites excluding steroid dienone is 4. The van der Waals surface area contributed by atoms with Crippen LogP contribution < -0.4 is 0 Å². The van der Waals surface area contributed by atoms with Gasteiger partial charge in [-0.2, -0.15) is 0 Å². The summed E-state index contributed by atoms with van der Waals surface area (Å²) in [5.74, 6) is 0.589. The van der Waals surface area contributed by atoms with Crippen molar-refractivity contribution >= 4 is 11.9 Å². The Labute approximate surface area is 383 Å². The fourth-order valence-electron chi connectivity index (χ4n) is 7.82. The number of hydrogen-bond acceptors (Lipinski definition) is 4. The van der Waals surface area contributed by atoms with Crippen LogP contribution in [-0.2, 0) is 19.1 Å². The molecule has 0 N–H and O–H groups in total. The lowest BCUT2D eigenvalue weighted by atomic mass is 9.89. The van der Waals surface area contributed by atoms with Gasteiger partial charge in [-0.3, -0.25) is 9.59 Å². The first kappa shape index (κ1) is 61.5. The standard InChI is InChI=1S/C30H56O2.C27H54O2/c1-5-6-7-8-9-10-11-12-13-14-15-16-17-20-23-26-29(31)32-28-25-22-19-18-21-24-27-30(2,3)4;1-6-8-10-16-20-25(21-17-11-9-7-2)24-26(28)29-23-19-15-13-12-14-18-22-27(3,4)5/h9-10,12-13H,5-8,11,14-28H2,1-4H3;25H,6-24H2,1-5H3/b10-9-,13-12-;. The molecule has 0 saturated carbocycles. The molecule has 0 atom stereocenters. The van der Waals surface area contributed by atoms with Crippen molar-refractivity contribution in [2.24, 2.45) is 16.7 Å². The van der Waals surface area contributed by atoms with Gasteiger partial charge in [-0.05, 0) is 93.8 Å². The molecule has 0 aliphatic rings. The summed E-state index contributed by atoms with van der Waals surface area (Å²) in [6, 6.07) is 0. The van der Waals surface area contributed by atoms with Crippen LogP contribution in [0.1, 0.15) is 300 Å². The van der Waals surface area contributed by atoms with E-state index >= 15 is 0 Å². The van der Waals surface area contributed by atoms with E-state index in [-0.39, 0.29) is 11.9 Å². The topological polar surface area (TPSA) is 52.6 Å². The number of rotatable bonds is 42. The first-order chi connectivity index (χ1) is 29.3. The summed E-state index contributed by atoms with van der Waals surface area (Å²) in [5.41, 5.74) is 0.939. The summed E-state index contributed by atoms with van der Waals surface area (Å²) in [6.07, 6.45) is 54.2. The van der Waals surface area contributed by atoms with Crippen LogP contribution in [0, 0.1) is 16.7 Å². The van der Waals surface area contributed by atoms with Gasteiger partial charge in [0.05, 0.1) is 13.2 Å². The predicted octanol–water partition coefficient (Wildman–Crippen LogP) is 19.4. The van der Waals surface area contributed by atoms with Crippen molar-refractivity contribution in [3.63, 3.8) is 0 Å². The molecule has 4 nitrogen and oxygen atoms in total. The molecule has 0 aromatic carbocycles. The average Bonchev–Trinajstić information content (AvgIpc) is 3.20. The van der Waals surface area contributed by atoms with Crippen molar-refractivity contribution in [2.45, 2.75) is 300 Å². The van der Waals surface area contributed by atoms with Crippen molar-refractivity contribution in [2.75, 3.05) is 13.2 Å². The zero-order valence-corrected chi connectivity index (χ0v) is 43.1. The van der Waals surface area contributed by atoms with Crippen molar-refractivity contribution in [1.29, 1.82) is 0 Å². The fourth-order valence-corrected chi connectivity index (χ4v) is 7.82. The van der Waals surface area contributed by atoms with Gasteiger partial charge in [0.2, 0.25) is 0 Å². The van der Waals surface area contributed by atoms with E-state index in [0.29, 0.717) is 42.8 Å². The van der Waals surface area contributed by atoms with Crippen LogP contribution >= 0.6 is 0 Å². The molecule has 0 saturated heterocycles. The molecule has 61 heavy (non-hydrogen) atoms. The molecule has 0 aliphatic carbocycles. The predicted molar refractivity (Wildman–Crippen MR) is 270 cm³/mol. The summed E-state index contributed by atoms with van der Waals surface area (Å²) >= 11 is 0. The Morgan fingerprint density at radius 2 is 0.770 bits per heavy atom. The SMILES string of the molecule is CCCCC/C=C\C/C=C\CCCCCCCC(=O)OCCCCCCCCC(C)(C)C.CCCCCCC(CCCCCC)CC(=O)OCCCCCCCCC(C)(C)C. The summed E-state index contributed by atoms with van der Waals surface area (Å²) in [7, 11) is 0. The third-order valence-corrected chi connectivity index (χ3v) is 11.9. The highest BCUT2D eigenvalue weighted by atomic mass is 16.5. The van der Waals surface area contributed by atoms with E-state index in [1.165, 1.54) is 193 Å². The van der Waals surface area contributed by atoms with Gasteiger partial charge in [-0.15, -0.1) is 0 Å². The van der Waals surface area contributed by atoms with Crippen molar-refractivity contribution < 1.29 is 19.1 Å². The second-order valence-corrected chi connectivity index (χ2v) is 21.1. The molecule has 0 unspecified atom stereocenters. The van der Waals surface area contributed by atoms with E-state index in [0.717, 1.165) is 32.1 Å². The molecule has 4 heteroatoms. The van der Waals surface area contributed by atoms with Gasteiger partial charge >= 0.3 is 11.9 Å². The number of carbonyl (C=O) groups excluding carboxylic acids is 2. The maximum Gasteiger partial charge on any atom is 0.306 e. The zero-order chi connectivity index (χ0) is 45.6. The number of carbonyl (C=O) groups is 2. The molecule has 362 valence electrons. The first-order valence-corrected chi connectivity index (χ1v) is 27.0. The Hall–Kier alpha value is -1.58. The van der Waals surface area contributed by atoms with Gasteiger partial charge in [0, 0.05) is 12.8 Å². The lowest BCUT2D eigenvalue weighted by Crippen LogP contribution is -2.13. The highest BCUT2D eigenvalue weighted by Gasteiger charge is 2.15. The summed E-state index contributed by atoms with van der Waals surface area (Å²) in [4.78, 5) is 24.1. The lowest BCUT2D eigenvalue weighted by Gasteiger charge is -2.17. The smallest absolute Gasteiger partial charge is 0.306 e. The maximum absolute atomic E-state index is 12.3. The van der Waals surface area contributed by atoms with Crippen molar-refractivity contribution in [3.05, 3.63) is 24.3 Å². The molecular weight excluding hydrogens is 749 g/mol. The molecule has 0 aromatic rings. The summed E-state index contributed by atoms with van der Waals surface area (Å²) in [5, 5.41) is 0. The van der Waals surface area contributed by atoms with Gasteiger partial charge in [-0.25, -0.2) is 0 Å². The van der Waals surface area contributed by atoms with E-state index in [1.807, 2.05) is 0 Å². The van der Waals surface area contributed by atoms with Crippen molar-refractivity contribution in [1.82, 2.24) is 0 Å². The Kier molecular flexibility index (Phi) is 46.8. The molecule has 0 aromatic heterocycles. The maximum atomic E-state index is 12.3. The average molecular weight is 860 g/mol. The molecule has 0 bridgehead atoms. The molecule has 0 aliphatic heterocycles. The first-order valence-electron chi connectivity index (χ1n) is 27.0. The quantitative estimate of drug-likeness (QED) is 0.0349.